The highest BCUT2D eigenvalue weighted by atomic mass is 35.5. The second kappa shape index (κ2) is 6.36. The molecule has 6 nitrogen and oxygen atoms in total. The molecule has 0 heterocycles. The summed E-state index contributed by atoms with van der Waals surface area (Å²) in [5, 5.41) is 21.8. The molecule has 0 radical (unpaired) electrons. The molecule has 0 aliphatic rings. The molecule has 0 aliphatic carbocycles. The number of benzene rings is 2. The largest absolute Gasteiger partial charge is 0.478 e. The van der Waals surface area contributed by atoms with Crippen LogP contribution < -0.4 is 5.32 Å². The lowest BCUT2D eigenvalue weighted by molar-refractivity contribution is -0.383. The van der Waals surface area contributed by atoms with Gasteiger partial charge in [0.25, 0.3) is 5.69 Å². The fraction of sp³-hybridized carbons (Fsp3) is 0.0714. The Morgan fingerprint density at radius 1 is 1.21 bits per heavy atom. The van der Waals surface area contributed by atoms with Gasteiger partial charge >= 0.3 is 12.1 Å². The Kier molecular flexibility index (Phi) is 4.65. The molecule has 2 rings (SSSR count). The Hall–Kier alpha value is -2.81. The molecule has 126 valence electrons. The molecule has 24 heavy (non-hydrogen) atoms. The maximum Gasteiger partial charge on any atom is 0.417 e. The van der Waals surface area contributed by atoms with Gasteiger partial charge in [-0.3, -0.25) is 10.1 Å². The topological polar surface area (TPSA) is 92.5 Å². The molecule has 0 bridgehead atoms. The molecule has 0 saturated heterocycles. The Morgan fingerprint density at radius 2 is 1.88 bits per heavy atom. The average molecular weight is 361 g/mol. The lowest BCUT2D eigenvalue weighted by Crippen LogP contribution is -2.07. The van der Waals surface area contributed by atoms with Crippen molar-refractivity contribution in [3.05, 3.63) is 62.7 Å². The summed E-state index contributed by atoms with van der Waals surface area (Å²) in [6, 6.07) is 5.93. The summed E-state index contributed by atoms with van der Waals surface area (Å²) in [5.41, 5.74) is -2.24. The van der Waals surface area contributed by atoms with Crippen molar-refractivity contribution in [2.24, 2.45) is 0 Å². The van der Waals surface area contributed by atoms with Gasteiger partial charge in [0.05, 0.1) is 21.1 Å². The first-order chi connectivity index (χ1) is 11.1. The number of rotatable bonds is 4. The van der Waals surface area contributed by atoms with Gasteiger partial charge in [-0.25, -0.2) is 4.79 Å². The van der Waals surface area contributed by atoms with E-state index in [1.807, 2.05) is 0 Å². The number of aromatic carboxylic acids is 1. The fourth-order valence-corrected chi connectivity index (χ4v) is 2.12. The van der Waals surface area contributed by atoms with Crippen LogP contribution in [0.25, 0.3) is 0 Å². The van der Waals surface area contributed by atoms with E-state index < -0.39 is 33.3 Å². The van der Waals surface area contributed by atoms with Crippen molar-refractivity contribution in [3.8, 4) is 0 Å². The molecule has 0 aliphatic heterocycles. The first-order valence-corrected chi connectivity index (χ1v) is 6.63. The second-order valence-corrected chi connectivity index (χ2v) is 5.02. The number of alkyl halides is 3. The minimum Gasteiger partial charge on any atom is -0.478 e. The molecule has 2 N–H and O–H groups in total. The Bertz CT molecular complexity index is 824. The van der Waals surface area contributed by atoms with Crippen molar-refractivity contribution in [2.75, 3.05) is 5.32 Å². The van der Waals surface area contributed by atoms with Gasteiger partial charge in [-0.05, 0) is 30.3 Å². The molecule has 0 unspecified atom stereocenters. The standard InChI is InChI=1S/C14H8ClF3N2O4/c15-10-3-2-8(6-9(10)14(16,17)18)19-11-4-1-7(13(21)22)5-12(11)20(23)24/h1-6,19H,(H,21,22). The van der Waals surface area contributed by atoms with Crippen molar-refractivity contribution < 1.29 is 28.0 Å². The third-order valence-electron chi connectivity index (χ3n) is 2.99. The van der Waals surface area contributed by atoms with Crippen molar-refractivity contribution >= 4 is 34.6 Å². The number of nitro groups is 1. The number of nitrogens with zero attached hydrogens (tertiary/aromatic N) is 1. The van der Waals surface area contributed by atoms with Gasteiger partial charge in [0.2, 0.25) is 0 Å². The number of anilines is 2. The Labute approximate surface area is 137 Å². The van der Waals surface area contributed by atoms with Crippen molar-refractivity contribution in [1.82, 2.24) is 0 Å². The van der Waals surface area contributed by atoms with Crippen molar-refractivity contribution in [1.29, 1.82) is 0 Å². The van der Waals surface area contributed by atoms with Crippen molar-refractivity contribution in [3.63, 3.8) is 0 Å². The highest BCUT2D eigenvalue weighted by Crippen LogP contribution is 2.37. The molecular formula is C14H8ClF3N2O4. The zero-order valence-corrected chi connectivity index (χ0v) is 12.4. The molecule has 10 heteroatoms. The van der Waals surface area contributed by atoms with Crippen LogP contribution in [0.15, 0.2) is 36.4 Å². The molecule has 0 fully saturated rings. The summed E-state index contributed by atoms with van der Waals surface area (Å²) < 4.78 is 38.5. The molecule has 0 atom stereocenters. The smallest absolute Gasteiger partial charge is 0.417 e. The average Bonchev–Trinajstić information content (AvgIpc) is 2.48. The number of nitro benzene ring substituents is 1. The molecule has 0 spiro atoms. The Morgan fingerprint density at radius 3 is 2.42 bits per heavy atom. The molecular weight excluding hydrogens is 353 g/mol. The first kappa shape index (κ1) is 17.5. The summed E-state index contributed by atoms with van der Waals surface area (Å²) in [6.45, 7) is 0. The van der Waals surface area contributed by atoms with Crippen LogP contribution in [0, 0.1) is 10.1 Å². The number of nitrogens with one attached hydrogen (secondary N) is 1. The quantitative estimate of drug-likeness (QED) is 0.608. The third kappa shape index (κ3) is 3.74. The maximum absolute atomic E-state index is 12.8. The van der Waals surface area contributed by atoms with Crippen molar-refractivity contribution in [2.45, 2.75) is 6.18 Å². The summed E-state index contributed by atoms with van der Waals surface area (Å²) in [6.07, 6.45) is -4.69. The van der Waals surface area contributed by atoms with Crippen LogP contribution in [0.2, 0.25) is 5.02 Å². The van der Waals surface area contributed by atoms with E-state index in [0.29, 0.717) is 6.07 Å². The number of carbonyl (C=O) groups is 1. The third-order valence-corrected chi connectivity index (χ3v) is 3.32. The van der Waals surface area contributed by atoms with Gasteiger partial charge in [-0.2, -0.15) is 13.2 Å². The molecule has 0 saturated carbocycles. The Balaban J connectivity index is 2.45. The summed E-state index contributed by atoms with van der Waals surface area (Å²) in [4.78, 5) is 21.1. The van der Waals surface area contributed by atoms with Gasteiger partial charge < -0.3 is 10.4 Å². The predicted octanol–water partition coefficient (Wildman–Crippen LogP) is 4.71. The van der Waals surface area contributed by atoms with E-state index in [4.69, 9.17) is 16.7 Å². The highest BCUT2D eigenvalue weighted by Gasteiger charge is 2.33. The number of carboxylic acid groups (broad SMARTS) is 1. The first-order valence-electron chi connectivity index (χ1n) is 6.25. The molecule has 2 aromatic rings. The zero-order chi connectivity index (χ0) is 18.1. The van der Waals surface area contributed by atoms with Crippen LogP contribution in [0.4, 0.5) is 30.2 Å². The normalized spacial score (nSPS) is 11.2. The van der Waals surface area contributed by atoms with Crippen LogP contribution in [-0.2, 0) is 6.18 Å². The lowest BCUT2D eigenvalue weighted by atomic mass is 10.1. The van der Waals surface area contributed by atoms with Gasteiger partial charge in [-0.15, -0.1) is 0 Å². The SMILES string of the molecule is O=C(O)c1ccc(Nc2ccc(Cl)c(C(F)(F)F)c2)c([N+](=O)[O-])c1. The van der Waals surface area contributed by atoms with E-state index >= 15 is 0 Å². The van der Waals surface area contributed by atoms with E-state index in [1.54, 1.807) is 0 Å². The predicted molar refractivity (Wildman–Crippen MR) is 79.8 cm³/mol. The lowest BCUT2D eigenvalue weighted by Gasteiger charge is -2.12. The van der Waals surface area contributed by atoms with Gasteiger partial charge in [0.1, 0.15) is 5.69 Å². The van der Waals surface area contributed by atoms with E-state index in [1.165, 1.54) is 6.07 Å². The van der Waals surface area contributed by atoms with Crippen LogP contribution in [0.1, 0.15) is 15.9 Å². The van der Waals surface area contributed by atoms with Crippen LogP contribution in [0.3, 0.4) is 0 Å². The number of halogens is 4. The summed E-state index contributed by atoms with van der Waals surface area (Å²) in [7, 11) is 0. The van der Waals surface area contributed by atoms with E-state index in [-0.39, 0.29) is 16.9 Å². The number of carboxylic acids is 1. The monoisotopic (exact) mass is 360 g/mol. The van der Waals surface area contributed by atoms with Gasteiger partial charge in [0, 0.05) is 11.8 Å². The number of hydrogen-bond acceptors (Lipinski definition) is 4. The number of hydrogen-bond donors (Lipinski definition) is 2. The minimum absolute atomic E-state index is 0.0853. The van der Waals surface area contributed by atoms with E-state index in [2.05, 4.69) is 5.32 Å². The van der Waals surface area contributed by atoms with Crippen LogP contribution >= 0.6 is 11.6 Å². The maximum atomic E-state index is 12.8. The summed E-state index contributed by atoms with van der Waals surface area (Å²) in [5.74, 6) is -1.37. The van der Waals surface area contributed by atoms with E-state index in [9.17, 15) is 28.1 Å². The minimum atomic E-state index is -4.69. The van der Waals surface area contributed by atoms with Gasteiger partial charge in [-0.1, -0.05) is 11.6 Å². The van der Waals surface area contributed by atoms with Crippen LogP contribution in [0.5, 0.6) is 0 Å². The molecule has 0 aromatic heterocycles. The fourth-order valence-electron chi connectivity index (χ4n) is 1.90. The second-order valence-electron chi connectivity index (χ2n) is 4.61. The van der Waals surface area contributed by atoms with Crippen LogP contribution in [-0.4, -0.2) is 16.0 Å². The summed E-state index contributed by atoms with van der Waals surface area (Å²) >= 11 is 5.50. The van der Waals surface area contributed by atoms with E-state index in [0.717, 1.165) is 24.3 Å². The molecule has 0 amide bonds. The molecule has 2 aromatic carbocycles. The van der Waals surface area contributed by atoms with Gasteiger partial charge in [0.15, 0.2) is 0 Å². The zero-order valence-electron chi connectivity index (χ0n) is 11.6. The highest BCUT2D eigenvalue weighted by molar-refractivity contribution is 6.31.